The van der Waals surface area contributed by atoms with Crippen LogP contribution < -0.4 is 5.46 Å². The first kappa shape index (κ1) is 10.3. The summed E-state index contributed by atoms with van der Waals surface area (Å²) in [4.78, 5) is 0. The van der Waals surface area contributed by atoms with Gasteiger partial charge in [0.15, 0.2) is 0 Å². The number of hydrogen-bond donors (Lipinski definition) is 0. The molecule has 3 nitrogen and oxygen atoms in total. The number of nitriles is 1. The van der Waals surface area contributed by atoms with E-state index in [4.69, 9.17) is 9.31 Å². The first-order valence-electron chi connectivity index (χ1n) is 5.55. The van der Waals surface area contributed by atoms with E-state index < -0.39 is 7.12 Å². The molecule has 0 atom stereocenters. The molecule has 1 saturated heterocycles. The van der Waals surface area contributed by atoms with E-state index in [0.717, 1.165) is 16.2 Å². The lowest BCUT2D eigenvalue weighted by molar-refractivity contribution is 0.365. The summed E-state index contributed by atoms with van der Waals surface area (Å²) in [6, 6.07) is 14.0. The zero-order chi connectivity index (χ0) is 11.7. The molecule has 17 heavy (non-hydrogen) atoms. The van der Waals surface area contributed by atoms with Gasteiger partial charge in [-0.1, -0.05) is 36.4 Å². The molecule has 0 radical (unpaired) electrons. The molecule has 0 N–H and O–H groups in total. The summed E-state index contributed by atoms with van der Waals surface area (Å²) in [5, 5.41) is 11.3. The smallest absolute Gasteiger partial charge is 0.405 e. The lowest BCUT2D eigenvalue weighted by Gasteiger charge is -2.09. The van der Waals surface area contributed by atoms with Gasteiger partial charge in [-0.25, -0.2) is 0 Å². The van der Waals surface area contributed by atoms with E-state index in [1.165, 1.54) is 0 Å². The molecule has 2 aromatic rings. The minimum atomic E-state index is -0.394. The molecule has 0 unspecified atom stereocenters. The van der Waals surface area contributed by atoms with Crippen LogP contribution in [0.15, 0.2) is 36.4 Å². The SMILES string of the molecule is N#Cc1c(B2OCCO2)ccc2ccccc12. The number of fused-ring (bicyclic) bond motifs is 1. The van der Waals surface area contributed by atoms with E-state index in [0.29, 0.717) is 18.8 Å². The Balaban J connectivity index is 2.22. The Hall–Kier alpha value is -1.83. The fourth-order valence-corrected chi connectivity index (χ4v) is 2.15. The molecule has 0 aromatic heterocycles. The largest absolute Gasteiger partial charge is 0.495 e. The summed E-state index contributed by atoms with van der Waals surface area (Å²) in [5.41, 5.74) is 1.47. The van der Waals surface area contributed by atoms with Gasteiger partial charge in [0.25, 0.3) is 0 Å². The van der Waals surface area contributed by atoms with Gasteiger partial charge >= 0.3 is 7.12 Å². The molecular weight excluding hydrogens is 213 g/mol. The Bertz CT molecular complexity index is 600. The van der Waals surface area contributed by atoms with Gasteiger partial charge in [-0.2, -0.15) is 5.26 Å². The maximum Gasteiger partial charge on any atom is 0.495 e. The van der Waals surface area contributed by atoms with Crippen LogP contribution in [0.4, 0.5) is 0 Å². The molecule has 1 aliphatic rings. The van der Waals surface area contributed by atoms with Crippen LogP contribution >= 0.6 is 0 Å². The summed E-state index contributed by atoms with van der Waals surface area (Å²) in [7, 11) is -0.394. The summed E-state index contributed by atoms with van der Waals surface area (Å²) < 4.78 is 10.9. The Kier molecular flexibility index (Phi) is 2.56. The van der Waals surface area contributed by atoms with Gasteiger partial charge in [0.2, 0.25) is 0 Å². The Morgan fingerprint density at radius 3 is 2.59 bits per heavy atom. The van der Waals surface area contributed by atoms with Crippen molar-refractivity contribution >= 4 is 23.4 Å². The maximum atomic E-state index is 9.32. The minimum absolute atomic E-state index is 0.394. The summed E-state index contributed by atoms with van der Waals surface area (Å²) in [6.45, 7) is 1.17. The molecule has 1 fully saturated rings. The molecule has 1 heterocycles. The molecule has 4 heteroatoms. The van der Waals surface area contributed by atoms with Crippen molar-refractivity contribution in [2.75, 3.05) is 13.2 Å². The highest BCUT2D eigenvalue weighted by molar-refractivity contribution is 6.62. The maximum absolute atomic E-state index is 9.32. The first-order chi connectivity index (χ1) is 8.40. The van der Waals surface area contributed by atoms with Crippen LogP contribution in [0.3, 0.4) is 0 Å². The predicted molar refractivity (Wildman–Crippen MR) is 66.0 cm³/mol. The zero-order valence-corrected chi connectivity index (χ0v) is 9.22. The summed E-state index contributed by atoms with van der Waals surface area (Å²) >= 11 is 0. The second kappa shape index (κ2) is 4.21. The van der Waals surface area contributed by atoms with Crippen molar-refractivity contribution in [3.8, 4) is 6.07 Å². The van der Waals surface area contributed by atoms with Crippen molar-refractivity contribution in [3.63, 3.8) is 0 Å². The van der Waals surface area contributed by atoms with Gasteiger partial charge in [-0.3, -0.25) is 0 Å². The van der Waals surface area contributed by atoms with E-state index in [2.05, 4.69) is 6.07 Å². The second-order valence-corrected chi connectivity index (χ2v) is 3.94. The van der Waals surface area contributed by atoms with Crippen LogP contribution in [0.25, 0.3) is 10.8 Å². The standard InChI is InChI=1S/C13H10BNO2/c15-9-12-11-4-2-1-3-10(11)5-6-13(12)14-16-7-8-17-14/h1-6H,7-8H2. The molecule has 0 bridgehead atoms. The van der Waals surface area contributed by atoms with Gasteiger partial charge in [0.05, 0.1) is 24.8 Å². The molecule has 0 amide bonds. The predicted octanol–water partition coefficient (Wildman–Crippen LogP) is 1.45. The number of hydrogen-bond acceptors (Lipinski definition) is 3. The van der Waals surface area contributed by atoms with Crippen LogP contribution in [-0.4, -0.2) is 20.3 Å². The third-order valence-electron chi connectivity index (χ3n) is 2.95. The summed E-state index contributed by atoms with van der Waals surface area (Å²) in [6.07, 6.45) is 0. The van der Waals surface area contributed by atoms with E-state index >= 15 is 0 Å². The van der Waals surface area contributed by atoms with Gasteiger partial charge in [-0.05, 0) is 10.8 Å². The number of rotatable bonds is 1. The van der Waals surface area contributed by atoms with Crippen LogP contribution in [0.5, 0.6) is 0 Å². The van der Waals surface area contributed by atoms with Gasteiger partial charge < -0.3 is 9.31 Å². The van der Waals surface area contributed by atoms with E-state index in [-0.39, 0.29) is 0 Å². The van der Waals surface area contributed by atoms with Gasteiger partial charge in [0.1, 0.15) is 0 Å². The zero-order valence-electron chi connectivity index (χ0n) is 9.22. The van der Waals surface area contributed by atoms with Crippen molar-refractivity contribution in [3.05, 3.63) is 42.0 Å². The van der Waals surface area contributed by atoms with Gasteiger partial charge in [0, 0.05) is 5.46 Å². The average Bonchev–Trinajstić information content (AvgIpc) is 2.91. The topological polar surface area (TPSA) is 42.2 Å². The molecule has 2 aromatic carbocycles. The van der Waals surface area contributed by atoms with E-state index in [1.807, 2.05) is 36.4 Å². The Labute approximate surface area is 99.7 Å². The highest BCUT2D eigenvalue weighted by atomic mass is 16.6. The first-order valence-corrected chi connectivity index (χ1v) is 5.55. The highest BCUT2D eigenvalue weighted by Crippen LogP contribution is 2.17. The average molecular weight is 223 g/mol. The van der Waals surface area contributed by atoms with Crippen molar-refractivity contribution in [1.82, 2.24) is 0 Å². The molecular formula is C13H10BNO2. The minimum Gasteiger partial charge on any atom is -0.405 e. The van der Waals surface area contributed by atoms with Gasteiger partial charge in [-0.15, -0.1) is 0 Å². The fraction of sp³-hybridized carbons (Fsp3) is 0.154. The Morgan fingerprint density at radius 2 is 1.82 bits per heavy atom. The molecule has 0 spiro atoms. The molecule has 0 saturated carbocycles. The molecule has 0 aliphatic carbocycles. The van der Waals surface area contributed by atoms with Crippen molar-refractivity contribution in [2.24, 2.45) is 0 Å². The van der Waals surface area contributed by atoms with Crippen LogP contribution in [0.1, 0.15) is 5.56 Å². The fourth-order valence-electron chi connectivity index (χ4n) is 2.15. The third-order valence-corrected chi connectivity index (χ3v) is 2.95. The summed E-state index contributed by atoms with van der Waals surface area (Å²) in [5.74, 6) is 0. The third kappa shape index (κ3) is 1.70. The van der Waals surface area contributed by atoms with Crippen LogP contribution in [0.2, 0.25) is 0 Å². The van der Waals surface area contributed by atoms with Crippen LogP contribution in [-0.2, 0) is 9.31 Å². The monoisotopic (exact) mass is 223 g/mol. The highest BCUT2D eigenvalue weighted by Gasteiger charge is 2.29. The molecule has 1 aliphatic heterocycles. The lowest BCUT2D eigenvalue weighted by Crippen LogP contribution is -2.34. The normalized spacial score (nSPS) is 15.1. The quantitative estimate of drug-likeness (QED) is 0.687. The Morgan fingerprint density at radius 1 is 1.06 bits per heavy atom. The molecule has 3 rings (SSSR count). The lowest BCUT2D eigenvalue weighted by atomic mass is 9.75. The van der Waals surface area contributed by atoms with Crippen molar-refractivity contribution < 1.29 is 9.31 Å². The molecule has 82 valence electrons. The van der Waals surface area contributed by atoms with Crippen molar-refractivity contribution in [2.45, 2.75) is 0 Å². The van der Waals surface area contributed by atoms with Crippen LogP contribution in [0, 0.1) is 11.3 Å². The van der Waals surface area contributed by atoms with Crippen molar-refractivity contribution in [1.29, 1.82) is 5.26 Å². The van der Waals surface area contributed by atoms with E-state index in [1.54, 1.807) is 0 Å². The van der Waals surface area contributed by atoms with E-state index in [9.17, 15) is 5.26 Å². The second-order valence-electron chi connectivity index (χ2n) is 3.94. The number of nitrogens with zero attached hydrogens (tertiary/aromatic N) is 1. The number of benzene rings is 2.